The molecule has 0 saturated carbocycles. The Morgan fingerprint density at radius 2 is 2.05 bits per heavy atom. The lowest BCUT2D eigenvalue weighted by Gasteiger charge is -2.01. The van der Waals surface area contributed by atoms with Gasteiger partial charge in [-0.05, 0) is 12.1 Å². The maximum absolute atomic E-state index is 11.8. The van der Waals surface area contributed by atoms with Gasteiger partial charge in [-0.2, -0.15) is 0 Å². The highest BCUT2D eigenvalue weighted by atomic mass is 32.1. The first kappa shape index (κ1) is 13.6. The normalized spacial score (nSPS) is 10.5. The van der Waals surface area contributed by atoms with E-state index in [-0.39, 0.29) is 5.91 Å². The summed E-state index contributed by atoms with van der Waals surface area (Å²) in [5.74, 6) is -0.0847. The van der Waals surface area contributed by atoms with Crippen LogP contribution in [0.15, 0.2) is 54.0 Å². The summed E-state index contributed by atoms with van der Waals surface area (Å²) in [5, 5.41) is 5.94. The number of nitrogens with one attached hydrogen (secondary N) is 2. The Labute approximate surface area is 126 Å². The summed E-state index contributed by atoms with van der Waals surface area (Å²) in [6.45, 7) is 0.579. The molecule has 0 aliphatic heterocycles. The zero-order valence-electron chi connectivity index (χ0n) is 11.4. The van der Waals surface area contributed by atoms with Crippen LogP contribution in [0.3, 0.4) is 0 Å². The van der Waals surface area contributed by atoms with Crippen LogP contribution in [0, 0.1) is 0 Å². The molecule has 2 aromatic heterocycles. The van der Waals surface area contributed by atoms with Crippen LogP contribution < -0.4 is 5.32 Å². The van der Waals surface area contributed by atoms with Gasteiger partial charge in [0.2, 0.25) is 0 Å². The Balaban J connectivity index is 1.55. The summed E-state index contributed by atoms with van der Waals surface area (Å²) in [7, 11) is 0. The molecule has 106 valence electrons. The van der Waals surface area contributed by atoms with Gasteiger partial charge in [-0.3, -0.25) is 4.79 Å². The lowest BCUT2D eigenvalue weighted by atomic mass is 10.2. The highest BCUT2D eigenvalue weighted by Gasteiger charge is 2.07. The van der Waals surface area contributed by atoms with Crippen molar-refractivity contribution in [1.29, 1.82) is 0 Å². The van der Waals surface area contributed by atoms with E-state index in [1.54, 1.807) is 23.6 Å². The van der Waals surface area contributed by atoms with Gasteiger partial charge in [-0.15, -0.1) is 11.3 Å². The van der Waals surface area contributed by atoms with Gasteiger partial charge in [-0.25, -0.2) is 4.98 Å². The van der Waals surface area contributed by atoms with E-state index >= 15 is 0 Å². The summed E-state index contributed by atoms with van der Waals surface area (Å²) in [6, 6.07) is 13.7. The van der Waals surface area contributed by atoms with Gasteiger partial charge in [0, 0.05) is 30.1 Å². The van der Waals surface area contributed by atoms with E-state index in [4.69, 9.17) is 0 Å². The highest BCUT2D eigenvalue weighted by molar-refractivity contribution is 7.13. The first-order chi connectivity index (χ1) is 10.3. The molecule has 0 saturated heterocycles. The van der Waals surface area contributed by atoms with Gasteiger partial charge < -0.3 is 10.3 Å². The van der Waals surface area contributed by atoms with Crippen molar-refractivity contribution in [3.8, 4) is 10.6 Å². The molecule has 0 spiro atoms. The van der Waals surface area contributed by atoms with E-state index in [1.807, 2.05) is 29.6 Å². The number of H-pyrrole nitrogens is 1. The van der Waals surface area contributed by atoms with E-state index in [0.29, 0.717) is 12.2 Å². The van der Waals surface area contributed by atoms with Crippen molar-refractivity contribution >= 4 is 17.2 Å². The zero-order chi connectivity index (χ0) is 14.5. The molecule has 3 aromatic rings. The summed E-state index contributed by atoms with van der Waals surface area (Å²) in [4.78, 5) is 19.2. The van der Waals surface area contributed by atoms with Crippen molar-refractivity contribution in [3.63, 3.8) is 0 Å². The molecule has 21 heavy (non-hydrogen) atoms. The van der Waals surface area contributed by atoms with Crippen molar-refractivity contribution < 1.29 is 4.79 Å². The number of nitrogens with zero attached hydrogens (tertiary/aromatic N) is 1. The molecular formula is C16H15N3OS. The standard InChI is InChI=1S/C16H15N3OS/c20-15(14-7-4-9-17-14)18-10-8-13-11-21-16(19-13)12-5-2-1-3-6-12/h1-7,9,11,17H,8,10H2,(H,18,20). The number of thiazole rings is 1. The molecule has 4 nitrogen and oxygen atoms in total. The minimum Gasteiger partial charge on any atom is -0.357 e. The van der Waals surface area contributed by atoms with Crippen LogP contribution in [0.1, 0.15) is 16.2 Å². The van der Waals surface area contributed by atoms with E-state index in [1.165, 1.54) is 0 Å². The third-order valence-electron chi connectivity index (χ3n) is 3.08. The third-order valence-corrected chi connectivity index (χ3v) is 4.02. The van der Waals surface area contributed by atoms with Crippen molar-refractivity contribution in [2.75, 3.05) is 6.54 Å². The second kappa shape index (κ2) is 6.37. The molecular weight excluding hydrogens is 282 g/mol. The average Bonchev–Trinajstić information content (AvgIpc) is 3.20. The minimum absolute atomic E-state index is 0.0847. The molecule has 0 atom stereocenters. The quantitative estimate of drug-likeness (QED) is 0.760. The molecule has 0 aliphatic carbocycles. The predicted molar refractivity (Wildman–Crippen MR) is 84.4 cm³/mol. The SMILES string of the molecule is O=C(NCCc1csc(-c2ccccc2)n1)c1ccc[nH]1. The molecule has 2 N–H and O–H groups in total. The molecule has 5 heteroatoms. The van der Waals surface area contributed by atoms with E-state index in [0.717, 1.165) is 22.7 Å². The number of aromatic amines is 1. The van der Waals surface area contributed by atoms with Gasteiger partial charge in [0.1, 0.15) is 10.7 Å². The van der Waals surface area contributed by atoms with Gasteiger partial charge in [0.05, 0.1) is 5.69 Å². The van der Waals surface area contributed by atoms with Crippen molar-refractivity contribution in [1.82, 2.24) is 15.3 Å². The molecule has 0 fully saturated rings. The summed E-state index contributed by atoms with van der Waals surface area (Å²) < 4.78 is 0. The van der Waals surface area contributed by atoms with E-state index < -0.39 is 0 Å². The largest absolute Gasteiger partial charge is 0.357 e. The third kappa shape index (κ3) is 3.38. The zero-order valence-corrected chi connectivity index (χ0v) is 12.2. The topological polar surface area (TPSA) is 57.8 Å². The van der Waals surface area contributed by atoms with Crippen LogP contribution in [-0.4, -0.2) is 22.4 Å². The Morgan fingerprint density at radius 1 is 1.19 bits per heavy atom. The van der Waals surface area contributed by atoms with Crippen molar-refractivity contribution in [2.24, 2.45) is 0 Å². The van der Waals surface area contributed by atoms with Crippen molar-refractivity contribution in [2.45, 2.75) is 6.42 Å². The first-order valence-electron chi connectivity index (χ1n) is 6.74. The van der Waals surface area contributed by atoms with Gasteiger partial charge in [0.25, 0.3) is 5.91 Å². The maximum Gasteiger partial charge on any atom is 0.267 e. The van der Waals surface area contributed by atoms with Gasteiger partial charge in [-0.1, -0.05) is 30.3 Å². The number of hydrogen-bond donors (Lipinski definition) is 2. The molecule has 1 aromatic carbocycles. The number of carbonyl (C=O) groups excluding carboxylic acids is 1. The second-order valence-corrected chi connectivity index (χ2v) is 5.46. The van der Waals surface area contributed by atoms with Crippen molar-refractivity contribution in [3.05, 3.63) is 65.4 Å². The van der Waals surface area contributed by atoms with Crippen LogP contribution in [-0.2, 0) is 6.42 Å². The Hall–Kier alpha value is -2.40. The Bertz CT molecular complexity index is 704. The Kier molecular flexibility index (Phi) is 4.12. The molecule has 0 aliphatic rings. The number of hydrogen-bond acceptors (Lipinski definition) is 3. The summed E-state index contributed by atoms with van der Waals surface area (Å²) in [5.41, 5.74) is 2.72. The maximum atomic E-state index is 11.8. The van der Waals surface area contributed by atoms with E-state index in [2.05, 4.69) is 27.4 Å². The molecule has 0 radical (unpaired) electrons. The monoisotopic (exact) mass is 297 g/mol. The number of rotatable bonds is 5. The first-order valence-corrected chi connectivity index (χ1v) is 7.62. The lowest BCUT2D eigenvalue weighted by Crippen LogP contribution is -2.25. The molecule has 0 unspecified atom stereocenters. The molecule has 3 rings (SSSR count). The molecule has 0 bridgehead atoms. The second-order valence-electron chi connectivity index (χ2n) is 4.60. The van der Waals surface area contributed by atoms with Crippen LogP contribution in [0.5, 0.6) is 0 Å². The van der Waals surface area contributed by atoms with Gasteiger partial charge in [0.15, 0.2) is 0 Å². The number of aromatic nitrogens is 2. The van der Waals surface area contributed by atoms with Crippen LogP contribution >= 0.6 is 11.3 Å². The highest BCUT2D eigenvalue weighted by Crippen LogP contribution is 2.23. The summed E-state index contributed by atoms with van der Waals surface area (Å²) in [6.07, 6.45) is 2.47. The van der Waals surface area contributed by atoms with Crippen LogP contribution in [0.25, 0.3) is 10.6 Å². The summed E-state index contributed by atoms with van der Waals surface area (Å²) >= 11 is 1.63. The fourth-order valence-electron chi connectivity index (χ4n) is 2.01. The fourth-order valence-corrected chi connectivity index (χ4v) is 2.87. The predicted octanol–water partition coefficient (Wildman–Crippen LogP) is 3.11. The van der Waals surface area contributed by atoms with E-state index in [9.17, 15) is 4.79 Å². The molecule has 2 heterocycles. The number of carbonyl (C=O) groups is 1. The molecule has 1 amide bonds. The number of benzene rings is 1. The van der Waals surface area contributed by atoms with Crippen LogP contribution in [0.4, 0.5) is 0 Å². The minimum atomic E-state index is -0.0847. The average molecular weight is 297 g/mol. The smallest absolute Gasteiger partial charge is 0.267 e. The van der Waals surface area contributed by atoms with Gasteiger partial charge >= 0.3 is 0 Å². The van der Waals surface area contributed by atoms with Crippen LogP contribution in [0.2, 0.25) is 0 Å². The Morgan fingerprint density at radius 3 is 2.81 bits per heavy atom. The lowest BCUT2D eigenvalue weighted by molar-refractivity contribution is 0.0949. The number of amides is 1. The fraction of sp³-hybridized carbons (Fsp3) is 0.125.